The molecule has 1 aromatic heterocycles. The maximum atomic E-state index is 13.9. The molecule has 3 aromatic carbocycles. The Kier molecular flexibility index (Phi) is 10.4. The van der Waals surface area contributed by atoms with Crippen molar-refractivity contribution in [3.05, 3.63) is 84.1 Å². The second-order valence-electron chi connectivity index (χ2n) is 13.9. The van der Waals surface area contributed by atoms with Gasteiger partial charge in [0.2, 0.25) is 5.91 Å². The minimum atomic E-state index is -0.266. The van der Waals surface area contributed by atoms with Crippen molar-refractivity contribution < 1.29 is 23.8 Å². The molecular formula is C39H47N3O5. The zero-order valence-electron chi connectivity index (χ0n) is 28.7. The summed E-state index contributed by atoms with van der Waals surface area (Å²) >= 11 is 0. The number of rotatable bonds is 9. The molecule has 47 heavy (non-hydrogen) atoms. The van der Waals surface area contributed by atoms with Crippen LogP contribution in [0.3, 0.4) is 0 Å². The number of hydrogen-bond acceptors (Lipinski definition) is 6. The number of likely N-dealkylation sites (tertiary alicyclic amines) is 1. The summed E-state index contributed by atoms with van der Waals surface area (Å²) in [5.41, 5.74) is 4.13. The number of methoxy groups -OCH3 is 1. The van der Waals surface area contributed by atoms with Crippen LogP contribution in [0.15, 0.2) is 72.9 Å². The van der Waals surface area contributed by atoms with E-state index in [0.29, 0.717) is 31.9 Å². The van der Waals surface area contributed by atoms with E-state index < -0.39 is 0 Å². The molecule has 0 unspecified atom stereocenters. The molecule has 0 aliphatic carbocycles. The Morgan fingerprint density at radius 3 is 2.30 bits per heavy atom. The molecule has 0 radical (unpaired) electrons. The highest BCUT2D eigenvalue weighted by molar-refractivity contribution is 6.02. The van der Waals surface area contributed by atoms with Crippen molar-refractivity contribution in [3.63, 3.8) is 0 Å². The van der Waals surface area contributed by atoms with Crippen LogP contribution in [0.2, 0.25) is 0 Å². The molecule has 0 spiro atoms. The Bertz CT molecular complexity index is 1700. The smallest absolute Gasteiger partial charge is 0.410 e. The highest BCUT2D eigenvalue weighted by Crippen LogP contribution is 2.33. The van der Waals surface area contributed by atoms with E-state index in [0.717, 1.165) is 57.4 Å². The van der Waals surface area contributed by atoms with Crippen LogP contribution < -0.4 is 14.4 Å². The van der Waals surface area contributed by atoms with Gasteiger partial charge in [0.25, 0.3) is 0 Å². The highest BCUT2D eigenvalue weighted by atomic mass is 16.6. The summed E-state index contributed by atoms with van der Waals surface area (Å²) in [5.74, 6) is 2.28. The zero-order chi connectivity index (χ0) is 33.7. The maximum absolute atomic E-state index is 13.9. The van der Waals surface area contributed by atoms with Crippen LogP contribution in [0.25, 0.3) is 21.9 Å². The van der Waals surface area contributed by atoms with Crippen molar-refractivity contribution in [2.24, 2.45) is 5.41 Å². The van der Waals surface area contributed by atoms with Crippen LogP contribution in [0.4, 0.5) is 10.6 Å². The van der Waals surface area contributed by atoms with E-state index in [1.54, 1.807) is 18.2 Å². The summed E-state index contributed by atoms with van der Waals surface area (Å²) in [6.45, 7) is 13.6. The van der Waals surface area contributed by atoms with Gasteiger partial charge in [0.05, 0.1) is 19.8 Å². The zero-order valence-corrected chi connectivity index (χ0v) is 28.7. The number of carbonyl (C=O) groups excluding carboxylic acids is 2. The van der Waals surface area contributed by atoms with E-state index in [4.69, 9.17) is 19.2 Å². The fourth-order valence-electron chi connectivity index (χ4n) is 5.93. The van der Waals surface area contributed by atoms with E-state index in [2.05, 4.69) is 57.2 Å². The van der Waals surface area contributed by atoms with Gasteiger partial charge in [0, 0.05) is 43.9 Å². The third-order valence-corrected chi connectivity index (χ3v) is 8.32. The van der Waals surface area contributed by atoms with Crippen molar-refractivity contribution in [1.29, 1.82) is 0 Å². The van der Waals surface area contributed by atoms with E-state index in [1.165, 1.54) is 0 Å². The molecule has 0 saturated carbocycles. The molecule has 248 valence electrons. The van der Waals surface area contributed by atoms with Gasteiger partial charge < -0.3 is 19.1 Å². The van der Waals surface area contributed by atoms with Crippen LogP contribution in [-0.4, -0.2) is 54.3 Å². The van der Waals surface area contributed by atoms with Gasteiger partial charge in [-0.1, -0.05) is 51.1 Å². The minimum absolute atomic E-state index is 0.00604. The summed E-state index contributed by atoms with van der Waals surface area (Å²) in [4.78, 5) is 34.4. The van der Waals surface area contributed by atoms with Gasteiger partial charge in [0.15, 0.2) is 0 Å². The van der Waals surface area contributed by atoms with Crippen LogP contribution in [0.5, 0.6) is 11.5 Å². The summed E-state index contributed by atoms with van der Waals surface area (Å²) in [6.07, 6.45) is 3.22. The van der Waals surface area contributed by atoms with Crippen LogP contribution in [0, 0.1) is 12.3 Å². The number of benzene rings is 3. The molecule has 0 bridgehead atoms. The Hall–Kier alpha value is -4.59. The molecule has 1 saturated heterocycles. The number of anilines is 1. The molecule has 1 aliphatic heterocycles. The number of nitrogens with zero attached hydrogens (tertiary/aromatic N) is 3. The Balaban J connectivity index is 1.35. The SMILES string of the molecule is COc1ccc(-c2ccc(CN(C(=O)CC(C)(C)C)c3nccc4cc(OC5CCN(C(=O)OC(C)C)CC5)ccc34)cc2)cc1C. The monoisotopic (exact) mass is 637 g/mol. The largest absolute Gasteiger partial charge is 0.496 e. The number of piperidine rings is 1. The lowest BCUT2D eigenvalue weighted by molar-refractivity contribution is -0.120. The predicted octanol–water partition coefficient (Wildman–Crippen LogP) is 8.58. The first kappa shape index (κ1) is 33.8. The molecule has 2 amide bonds. The van der Waals surface area contributed by atoms with Gasteiger partial charge in [-0.2, -0.15) is 0 Å². The molecule has 0 atom stereocenters. The lowest BCUT2D eigenvalue weighted by Crippen LogP contribution is -2.42. The Labute approximate surface area is 278 Å². The van der Waals surface area contributed by atoms with Crippen LogP contribution in [-0.2, 0) is 16.1 Å². The third-order valence-electron chi connectivity index (χ3n) is 8.32. The molecule has 2 heterocycles. The number of fused-ring (bicyclic) bond motifs is 1. The Morgan fingerprint density at radius 2 is 1.66 bits per heavy atom. The lowest BCUT2D eigenvalue weighted by Gasteiger charge is -2.32. The van der Waals surface area contributed by atoms with Crippen molar-refractivity contribution >= 4 is 28.6 Å². The van der Waals surface area contributed by atoms with Crippen LogP contribution in [0.1, 0.15) is 65.0 Å². The number of carbonyl (C=O) groups is 2. The number of ether oxygens (including phenoxy) is 3. The first-order chi connectivity index (χ1) is 22.4. The highest BCUT2D eigenvalue weighted by Gasteiger charge is 2.27. The van der Waals surface area contributed by atoms with Gasteiger partial charge in [-0.25, -0.2) is 9.78 Å². The van der Waals surface area contributed by atoms with Crippen molar-refractivity contribution in [3.8, 4) is 22.6 Å². The molecule has 0 N–H and O–H groups in total. The second kappa shape index (κ2) is 14.4. The van der Waals surface area contributed by atoms with Crippen LogP contribution >= 0.6 is 0 Å². The standard InChI is InChI=1S/C39H47N3O5/c1-26(2)46-38(44)41-20-17-32(18-21-41)47-33-13-14-34-31(23-33)16-19-40-37(34)42(36(43)24-39(4,5)6)25-28-8-10-29(11-9-28)30-12-15-35(45-7)27(3)22-30/h8-16,19,22-23,26,32H,17-18,20-21,24-25H2,1-7H3. The number of hydrogen-bond donors (Lipinski definition) is 0. The van der Waals surface area contributed by atoms with Gasteiger partial charge in [-0.15, -0.1) is 0 Å². The first-order valence-electron chi connectivity index (χ1n) is 16.5. The normalized spacial score (nSPS) is 13.9. The van der Waals surface area contributed by atoms with Gasteiger partial charge in [-0.3, -0.25) is 9.69 Å². The molecule has 4 aromatic rings. The van der Waals surface area contributed by atoms with E-state index in [-0.39, 0.29) is 29.6 Å². The summed E-state index contributed by atoms with van der Waals surface area (Å²) in [5, 5.41) is 1.84. The minimum Gasteiger partial charge on any atom is -0.496 e. The van der Waals surface area contributed by atoms with Crippen molar-refractivity contribution in [2.45, 2.75) is 79.6 Å². The number of amides is 2. The molecule has 8 nitrogen and oxygen atoms in total. The summed E-state index contributed by atoms with van der Waals surface area (Å²) in [6, 6.07) is 22.4. The number of aromatic nitrogens is 1. The average molecular weight is 638 g/mol. The third kappa shape index (κ3) is 8.61. The van der Waals surface area contributed by atoms with E-state index in [1.807, 2.05) is 56.0 Å². The van der Waals surface area contributed by atoms with Gasteiger partial charge in [0.1, 0.15) is 23.4 Å². The quantitative estimate of drug-likeness (QED) is 0.183. The first-order valence-corrected chi connectivity index (χ1v) is 16.5. The topological polar surface area (TPSA) is 81.2 Å². The van der Waals surface area contributed by atoms with E-state index >= 15 is 0 Å². The van der Waals surface area contributed by atoms with Crippen molar-refractivity contribution in [2.75, 3.05) is 25.1 Å². The predicted molar refractivity (Wildman–Crippen MR) is 187 cm³/mol. The molecule has 1 aliphatic rings. The summed E-state index contributed by atoms with van der Waals surface area (Å²) < 4.78 is 17.1. The Morgan fingerprint density at radius 1 is 0.957 bits per heavy atom. The molecule has 8 heteroatoms. The van der Waals surface area contributed by atoms with Gasteiger partial charge >= 0.3 is 6.09 Å². The lowest BCUT2D eigenvalue weighted by atomic mass is 9.91. The molecular weight excluding hydrogens is 590 g/mol. The second-order valence-corrected chi connectivity index (χ2v) is 13.9. The fourth-order valence-corrected chi connectivity index (χ4v) is 5.93. The van der Waals surface area contributed by atoms with Gasteiger partial charge in [-0.05, 0) is 90.2 Å². The number of pyridine rings is 1. The summed E-state index contributed by atoms with van der Waals surface area (Å²) in [7, 11) is 1.68. The number of aryl methyl sites for hydroxylation is 1. The van der Waals surface area contributed by atoms with Crippen molar-refractivity contribution in [1.82, 2.24) is 9.88 Å². The average Bonchev–Trinajstić information content (AvgIpc) is 3.02. The maximum Gasteiger partial charge on any atom is 0.410 e. The molecule has 5 rings (SSSR count). The fraction of sp³-hybridized carbons (Fsp3) is 0.410. The van der Waals surface area contributed by atoms with E-state index in [9.17, 15) is 9.59 Å². The molecule has 1 fully saturated rings.